The molecule has 1 aromatic rings. The molecule has 0 aliphatic rings. The Morgan fingerprint density at radius 3 is 2.71 bits per heavy atom. The van der Waals surface area contributed by atoms with E-state index >= 15 is 0 Å². The van der Waals surface area contributed by atoms with Crippen molar-refractivity contribution in [2.75, 3.05) is 19.3 Å². The second-order valence-electron chi connectivity index (χ2n) is 3.49. The Morgan fingerprint density at radius 1 is 1.41 bits per heavy atom. The Labute approximate surface area is 99.7 Å². The summed E-state index contributed by atoms with van der Waals surface area (Å²) in [5, 5.41) is 11.8. The summed E-state index contributed by atoms with van der Waals surface area (Å²) in [7, 11) is -1.86. The third-order valence-corrected chi connectivity index (χ3v) is 3.56. The van der Waals surface area contributed by atoms with E-state index in [9.17, 15) is 12.8 Å². The Bertz CT molecular complexity index is 476. The van der Waals surface area contributed by atoms with Gasteiger partial charge < -0.3 is 10.4 Å². The molecule has 1 aromatic carbocycles. The lowest BCUT2D eigenvalue weighted by molar-refractivity contribution is 0.431. The van der Waals surface area contributed by atoms with Gasteiger partial charge in [0.2, 0.25) is 10.0 Å². The molecule has 17 heavy (non-hydrogen) atoms. The fourth-order valence-electron chi connectivity index (χ4n) is 1.20. The minimum absolute atomic E-state index is 0.0376. The second-order valence-corrected chi connectivity index (χ2v) is 5.53. The van der Waals surface area contributed by atoms with Crippen LogP contribution < -0.4 is 10.0 Å². The van der Waals surface area contributed by atoms with E-state index in [1.807, 2.05) is 0 Å². The van der Waals surface area contributed by atoms with Crippen LogP contribution >= 0.6 is 0 Å². The predicted octanol–water partition coefficient (Wildman–Crippen LogP) is 0.170. The molecule has 3 N–H and O–H groups in total. The highest BCUT2D eigenvalue weighted by Crippen LogP contribution is 2.15. The van der Waals surface area contributed by atoms with Crippen LogP contribution in [0.5, 0.6) is 5.75 Å². The molecule has 0 fully saturated rings. The highest BCUT2D eigenvalue weighted by molar-refractivity contribution is 7.89. The number of halogens is 1. The fraction of sp³-hybridized carbons (Fsp3) is 0.400. The first-order valence-electron chi connectivity index (χ1n) is 5.04. The lowest BCUT2D eigenvalue weighted by Gasteiger charge is -2.06. The van der Waals surface area contributed by atoms with Crippen molar-refractivity contribution in [1.82, 2.24) is 10.0 Å². The molecule has 0 amide bonds. The fourth-order valence-corrected chi connectivity index (χ4v) is 1.82. The summed E-state index contributed by atoms with van der Waals surface area (Å²) >= 11 is 0. The van der Waals surface area contributed by atoms with Gasteiger partial charge in [-0.05, 0) is 24.7 Å². The molecular formula is C10H15FN2O3S. The van der Waals surface area contributed by atoms with E-state index < -0.39 is 21.6 Å². The van der Waals surface area contributed by atoms with E-state index in [1.54, 1.807) is 6.07 Å². The van der Waals surface area contributed by atoms with Crippen LogP contribution in [-0.4, -0.2) is 32.9 Å². The van der Waals surface area contributed by atoms with Gasteiger partial charge in [-0.2, -0.15) is 0 Å². The summed E-state index contributed by atoms with van der Waals surface area (Å²) in [6.45, 7) is 0.613. The van der Waals surface area contributed by atoms with Gasteiger partial charge in [-0.1, -0.05) is 6.07 Å². The van der Waals surface area contributed by atoms with Crippen LogP contribution in [-0.2, 0) is 16.6 Å². The number of sulfonamides is 1. The zero-order valence-electron chi connectivity index (χ0n) is 9.40. The van der Waals surface area contributed by atoms with E-state index in [0.29, 0.717) is 12.1 Å². The zero-order valence-corrected chi connectivity index (χ0v) is 10.2. The Kier molecular flexibility index (Phi) is 4.86. The normalized spacial score (nSPS) is 11.6. The van der Waals surface area contributed by atoms with Crippen LogP contribution in [0.3, 0.4) is 0 Å². The van der Waals surface area contributed by atoms with Gasteiger partial charge in [0.05, 0.1) is 5.75 Å². The monoisotopic (exact) mass is 262 g/mol. The Morgan fingerprint density at radius 2 is 2.12 bits per heavy atom. The third-order valence-electron chi connectivity index (χ3n) is 2.20. The zero-order chi connectivity index (χ0) is 12.9. The number of nitrogens with one attached hydrogen (secondary N) is 2. The van der Waals surface area contributed by atoms with E-state index in [4.69, 9.17) is 5.11 Å². The average molecular weight is 262 g/mol. The lowest BCUT2D eigenvalue weighted by Crippen LogP contribution is -2.29. The smallest absolute Gasteiger partial charge is 0.212 e. The molecule has 0 heterocycles. The molecule has 0 aliphatic heterocycles. The molecule has 0 spiro atoms. The van der Waals surface area contributed by atoms with Crippen molar-refractivity contribution in [3.05, 3.63) is 29.6 Å². The van der Waals surface area contributed by atoms with Gasteiger partial charge in [0.15, 0.2) is 11.6 Å². The van der Waals surface area contributed by atoms with Crippen LogP contribution in [0.1, 0.15) is 5.56 Å². The molecule has 1 rings (SSSR count). The number of benzene rings is 1. The van der Waals surface area contributed by atoms with Gasteiger partial charge in [-0.3, -0.25) is 0 Å². The number of hydrogen-bond donors (Lipinski definition) is 3. The Hall–Kier alpha value is -1.18. The van der Waals surface area contributed by atoms with Crippen molar-refractivity contribution >= 4 is 10.0 Å². The van der Waals surface area contributed by atoms with Gasteiger partial charge in [0.25, 0.3) is 0 Å². The molecule has 7 heteroatoms. The first kappa shape index (κ1) is 13.9. The highest BCUT2D eigenvalue weighted by Gasteiger charge is 2.06. The first-order chi connectivity index (χ1) is 7.94. The van der Waals surface area contributed by atoms with Crippen LogP contribution in [0.2, 0.25) is 0 Å². The molecule has 0 bridgehead atoms. The van der Waals surface area contributed by atoms with Gasteiger partial charge in [0, 0.05) is 13.1 Å². The first-order valence-corrected chi connectivity index (χ1v) is 6.69. The minimum atomic E-state index is -3.22. The van der Waals surface area contributed by atoms with Gasteiger partial charge in [0.1, 0.15) is 0 Å². The number of hydrogen-bond acceptors (Lipinski definition) is 4. The lowest BCUT2D eigenvalue weighted by atomic mass is 10.2. The van der Waals surface area contributed by atoms with Crippen LogP contribution in [0.15, 0.2) is 18.2 Å². The topological polar surface area (TPSA) is 78.4 Å². The minimum Gasteiger partial charge on any atom is -0.505 e. The summed E-state index contributed by atoms with van der Waals surface area (Å²) < 4.78 is 37.3. The molecule has 0 unspecified atom stereocenters. The largest absolute Gasteiger partial charge is 0.505 e. The second kappa shape index (κ2) is 5.95. The molecule has 0 radical (unpaired) electrons. The summed E-state index contributed by atoms with van der Waals surface area (Å²) in [4.78, 5) is 0. The van der Waals surface area contributed by atoms with Crippen LogP contribution in [0, 0.1) is 5.82 Å². The van der Waals surface area contributed by atoms with Gasteiger partial charge in [-0.15, -0.1) is 0 Å². The molecule has 0 saturated heterocycles. The van der Waals surface area contributed by atoms with E-state index in [1.165, 1.54) is 19.2 Å². The van der Waals surface area contributed by atoms with Crippen molar-refractivity contribution in [3.63, 3.8) is 0 Å². The molecule has 0 aromatic heterocycles. The van der Waals surface area contributed by atoms with Crippen LogP contribution in [0.4, 0.5) is 4.39 Å². The number of rotatable bonds is 6. The van der Waals surface area contributed by atoms with Crippen LogP contribution in [0.25, 0.3) is 0 Å². The molecule has 0 atom stereocenters. The van der Waals surface area contributed by atoms with Gasteiger partial charge in [-0.25, -0.2) is 17.5 Å². The van der Waals surface area contributed by atoms with Crippen molar-refractivity contribution in [3.8, 4) is 5.75 Å². The maximum absolute atomic E-state index is 12.9. The standard InChI is InChI=1S/C10H15FN2O3S/c1-12-17(15,16)5-4-13-7-8-2-3-10(14)9(11)6-8/h2-3,6,12-14H,4-5,7H2,1H3. The number of aromatic hydroxyl groups is 1. The molecule has 5 nitrogen and oxygen atoms in total. The third kappa shape index (κ3) is 4.68. The average Bonchev–Trinajstić information content (AvgIpc) is 2.29. The summed E-state index contributed by atoms with van der Waals surface area (Å²) in [6, 6.07) is 4.03. The van der Waals surface area contributed by atoms with Crippen molar-refractivity contribution in [2.45, 2.75) is 6.54 Å². The summed E-state index contributed by atoms with van der Waals surface area (Å²) in [6.07, 6.45) is 0. The maximum Gasteiger partial charge on any atom is 0.212 e. The van der Waals surface area contributed by atoms with E-state index in [-0.39, 0.29) is 12.3 Å². The summed E-state index contributed by atoms with van der Waals surface area (Å²) in [5.41, 5.74) is 0.641. The highest BCUT2D eigenvalue weighted by atomic mass is 32.2. The quantitative estimate of drug-likeness (QED) is 0.639. The predicted molar refractivity (Wildman–Crippen MR) is 62.6 cm³/mol. The SMILES string of the molecule is CNS(=O)(=O)CCNCc1ccc(O)c(F)c1. The van der Waals surface area contributed by atoms with Crippen molar-refractivity contribution < 1.29 is 17.9 Å². The Balaban J connectivity index is 2.39. The maximum atomic E-state index is 12.9. The van der Waals surface area contributed by atoms with Crippen molar-refractivity contribution in [1.29, 1.82) is 0 Å². The molecule has 0 saturated carbocycles. The summed E-state index contributed by atoms with van der Waals surface area (Å²) in [5.74, 6) is -1.12. The van der Waals surface area contributed by atoms with E-state index in [2.05, 4.69) is 10.0 Å². The molecule has 0 aliphatic carbocycles. The number of phenolic OH excluding ortho intramolecular Hbond substituents is 1. The van der Waals surface area contributed by atoms with Gasteiger partial charge >= 0.3 is 0 Å². The van der Waals surface area contributed by atoms with E-state index in [0.717, 1.165) is 0 Å². The molecular weight excluding hydrogens is 247 g/mol. The van der Waals surface area contributed by atoms with Crippen molar-refractivity contribution in [2.24, 2.45) is 0 Å². The number of phenols is 1. The molecule has 96 valence electrons.